The van der Waals surface area contributed by atoms with Gasteiger partial charge >= 0.3 is 6.09 Å². The molecule has 0 aromatic heterocycles. The van der Waals surface area contributed by atoms with E-state index in [9.17, 15) is 4.79 Å². The average Bonchev–Trinajstić information content (AvgIpc) is 2.58. The maximum Gasteiger partial charge on any atom is 0.407 e. The third kappa shape index (κ3) is 3.65. The molecule has 3 rings (SSSR count). The third-order valence-corrected chi connectivity index (χ3v) is 4.10. The predicted octanol–water partition coefficient (Wildman–Crippen LogP) is 3.52. The third-order valence-electron chi connectivity index (χ3n) is 4.10. The summed E-state index contributed by atoms with van der Waals surface area (Å²) in [6, 6.07) is 18.2. The number of nitrogens with one attached hydrogen (secondary N) is 1. The lowest BCUT2D eigenvalue weighted by Crippen LogP contribution is -2.46. The first kappa shape index (κ1) is 15.4. The Morgan fingerprint density at radius 2 is 1.91 bits per heavy atom. The normalized spacial score (nSPS) is 19.3. The van der Waals surface area contributed by atoms with Gasteiger partial charge in [-0.25, -0.2) is 4.79 Å². The van der Waals surface area contributed by atoms with Crippen LogP contribution >= 0.6 is 0 Å². The van der Waals surface area contributed by atoms with Crippen LogP contribution in [0, 0.1) is 0 Å². The van der Waals surface area contributed by atoms with Crippen molar-refractivity contribution in [2.45, 2.75) is 25.3 Å². The van der Waals surface area contributed by atoms with E-state index in [2.05, 4.69) is 23.5 Å². The summed E-state index contributed by atoms with van der Waals surface area (Å²) in [6.07, 6.45) is 0.455. The highest BCUT2D eigenvalue weighted by Gasteiger charge is 2.32. The first-order valence-corrected chi connectivity index (χ1v) is 7.97. The number of benzene rings is 2. The fourth-order valence-electron chi connectivity index (χ4n) is 3.02. The van der Waals surface area contributed by atoms with Gasteiger partial charge in [-0.3, -0.25) is 0 Å². The Balaban J connectivity index is 1.85. The van der Waals surface area contributed by atoms with Crippen LogP contribution in [0.25, 0.3) is 0 Å². The number of alkyl carbamates (subject to hydrolysis) is 1. The molecule has 1 aliphatic rings. The maximum atomic E-state index is 11.8. The topological polar surface area (TPSA) is 47.6 Å². The van der Waals surface area contributed by atoms with Crippen molar-refractivity contribution in [2.24, 2.45) is 0 Å². The lowest BCUT2D eigenvalue weighted by Gasteiger charge is -2.34. The van der Waals surface area contributed by atoms with E-state index < -0.39 is 6.09 Å². The number of rotatable bonds is 4. The Kier molecular flexibility index (Phi) is 4.81. The highest BCUT2D eigenvalue weighted by atomic mass is 16.5. The molecule has 120 valence electrons. The molecule has 1 N–H and O–H groups in total. The summed E-state index contributed by atoms with van der Waals surface area (Å²) in [6.45, 7) is 2.61. The Morgan fingerprint density at radius 3 is 2.70 bits per heavy atom. The summed E-state index contributed by atoms with van der Waals surface area (Å²) in [5.74, 6) is 1.06. The fraction of sp³-hybridized carbons (Fsp3) is 0.316. The minimum Gasteiger partial charge on any atom is -0.491 e. The largest absolute Gasteiger partial charge is 0.491 e. The number of amides is 1. The average molecular weight is 311 g/mol. The van der Waals surface area contributed by atoms with Crippen molar-refractivity contribution in [3.63, 3.8) is 0 Å². The smallest absolute Gasteiger partial charge is 0.407 e. The van der Waals surface area contributed by atoms with Crippen LogP contribution in [0.3, 0.4) is 0 Å². The zero-order chi connectivity index (χ0) is 16.1. The number of fused-ring (bicyclic) bond motifs is 1. The monoisotopic (exact) mass is 311 g/mol. The van der Waals surface area contributed by atoms with E-state index in [-0.39, 0.29) is 12.0 Å². The van der Waals surface area contributed by atoms with Crippen molar-refractivity contribution in [3.8, 4) is 5.75 Å². The molecule has 0 radical (unpaired) electrons. The second kappa shape index (κ2) is 7.18. The summed E-state index contributed by atoms with van der Waals surface area (Å²) < 4.78 is 10.8. The van der Waals surface area contributed by atoms with Crippen LogP contribution in [0.4, 0.5) is 4.79 Å². The van der Waals surface area contributed by atoms with Crippen molar-refractivity contribution >= 4 is 6.09 Å². The van der Waals surface area contributed by atoms with Crippen LogP contribution in [-0.2, 0) is 11.2 Å². The number of ether oxygens (including phenoxy) is 2. The molecule has 1 aliphatic heterocycles. The number of carbonyl (C=O) groups excluding carboxylic acids is 1. The molecule has 2 unspecified atom stereocenters. The van der Waals surface area contributed by atoms with E-state index in [1.165, 1.54) is 5.56 Å². The molecular weight excluding hydrogens is 290 g/mol. The quantitative estimate of drug-likeness (QED) is 0.940. The molecule has 0 spiro atoms. The van der Waals surface area contributed by atoms with Crippen LogP contribution in [0.5, 0.6) is 5.75 Å². The lowest BCUT2D eigenvalue weighted by molar-refractivity contribution is 0.135. The molecule has 23 heavy (non-hydrogen) atoms. The summed E-state index contributed by atoms with van der Waals surface area (Å²) in [5.41, 5.74) is 2.37. The van der Waals surface area contributed by atoms with Crippen LogP contribution < -0.4 is 10.1 Å². The Labute approximate surface area is 136 Å². The van der Waals surface area contributed by atoms with Crippen molar-refractivity contribution in [3.05, 3.63) is 65.7 Å². The first-order chi connectivity index (χ1) is 11.3. The van der Waals surface area contributed by atoms with Crippen molar-refractivity contribution in [1.29, 1.82) is 0 Å². The van der Waals surface area contributed by atoms with Crippen LogP contribution in [0.1, 0.15) is 24.0 Å². The Morgan fingerprint density at radius 1 is 1.17 bits per heavy atom. The second-order valence-electron chi connectivity index (χ2n) is 5.62. The van der Waals surface area contributed by atoms with Gasteiger partial charge in [0.15, 0.2) is 0 Å². The first-order valence-electron chi connectivity index (χ1n) is 7.97. The van der Waals surface area contributed by atoms with E-state index in [4.69, 9.17) is 9.47 Å². The van der Waals surface area contributed by atoms with Crippen molar-refractivity contribution < 1.29 is 14.3 Å². The van der Waals surface area contributed by atoms with Crippen LogP contribution in [0.15, 0.2) is 54.6 Å². The van der Waals surface area contributed by atoms with E-state index in [0.29, 0.717) is 13.2 Å². The molecule has 2 aromatic carbocycles. The molecule has 1 heterocycles. The van der Waals surface area contributed by atoms with Gasteiger partial charge in [-0.1, -0.05) is 48.5 Å². The summed E-state index contributed by atoms with van der Waals surface area (Å²) in [5, 5.41) is 2.94. The van der Waals surface area contributed by atoms with Crippen molar-refractivity contribution in [2.75, 3.05) is 13.2 Å². The minimum atomic E-state index is -0.390. The van der Waals surface area contributed by atoms with Crippen LogP contribution in [0.2, 0.25) is 0 Å². The van der Waals surface area contributed by atoms with E-state index in [1.807, 2.05) is 36.4 Å². The number of carbonyl (C=O) groups is 1. The van der Waals surface area contributed by atoms with Gasteiger partial charge in [0.05, 0.1) is 12.6 Å². The molecule has 0 aliphatic carbocycles. The molecule has 4 heteroatoms. The number of hydrogen-bond acceptors (Lipinski definition) is 3. The lowest BCUT2D eigenvalue weighted by atomic mass is 9.84. The van der Waals surface area contributed by atoms with E-state index in [0.717, 1.165) is 17.7 Å². The van der Waals surface area contributed by atoms with E-state index in [1.54, 1.807) is 6.92 Å². The van der Waals surface area contributed by atoms with Crippen molar-refractivity contribution in [1.82, 2.24) is 5.32 Å². The summed E-state index contributed by atoms with van der Waals surface area (Å²) in [7, 11) is 0. The van der Waals surface area contributed by atoms with Gasteiger partial charge in [0, 0.05) is 5.92 Å². The van der Waals surface area contributed by atoms with Gasteiger partial charge in [0.1, 0.15) is 12.4 Å². The Hall–Kier alpha value is -2.49. The summed E-state index contributed by atoms with van der Waals surface area (Å²) in [4.78, 5) is 11.8. The highest BCUT2D eigenvalue weighted by molar-refractivity contribution is 5.68. The number of para-hydroxylation sites is 1. The highest BCUT2D eigenvalue weighted by Crippen LogP contribution is 2.35. The van der Waals surface area contributed by atoms with Gasteiger partial charge < -0.3 is 14.8 Å². The zero-order valence-corrected chi connectivity index (χ0v) is 13.2. The molecule has 0 saturated heterocycles. The predicted molar refractivity (Wildman–Crippen MR) is 88.8 cm³/mol. The SMILES string of the molecule is CCOC(=O)NC1COc2ccccc2C1Cc1ccccc1. The molecule has 1 amide bonds. The standard InChI is InChI=1S/C19H21NO3/c1-2-22-19(21)20-17-13-23-18-11-7-6-10-15(18)16(17)12-14-8-4-3-5-9-14/h3-11,16-17H,2,12-13H2,1H3,(H,20,21). The maximum absolute atomic E-state index is 11.8. The van der Waals surface area contributed by atoms with Gasteiger partial charge in [-0.15, -0.1) is 0 Å². The second-order valence-corrected chi connectivity index (χ2v) is 5.62. The van der Waals surface area contributed by atoms with Crippen LogP contribution in [-0.4, -0.2) is 25.3 Å². The van der Waals surface area contributed by atoms with Gasteiger partial charge in [-0.2, -0.15) is 0 Å². The molecule has 0 saturated carbocycles. The molecule has 0 fully saturated rings. The molecule has 0 bridgehead atoms. The molecule has 4 nitrogen and oxygen atoms in total. The molecule has 2 aromatic rings. The summed E-state index contributed by atoms with van der Waals surface area (Å²) >= 11 is 0. The zero-order valence-electron chi connectivity index (χ0n) is 13.2. The Bertz CT molecular complexity index is 657. The molecule has 2 atom stereocenters. The van der Waals surface area contributed by atoms with Gasteiger partial charge in [0.2, 0.25) is 0 Å². The minimum absolute atomic E-state index is 0.107. The molecular formula is C19H21NO3. The van der Waals surface area contributed by atoms with Gasteiger partial charge in [0.25, 0.3) is 0 Å². The van der Waals surface area contributed by atoms with Gasteiger partial charge in [-0.05, 0) is 30.5 Å². The fourth-order valence-corrected chi connectivity index (χ4v) is 3.02. The number of hydrogen-bond donors (Lipinski definition) is 1. The van der Waals surface area contributed by atoms with E-state index >= 15 is 0 Å².